The van der Waals surface area contributed by atoms with Gasteiger partial charge in [-0.3, -0.25) is 9.69 Å². The number of rotatable bonds is 5. The number of carbonyl (C=O) groups excluding carboxylic acids is 1. The molecule has 1 amide bonds. The summed E-state index contributed by atoms with van der Waals surface area (Å²) in [5, 5.41) is 4.82. The van der Waals surface area contributed by atoms with Gasteiger partial charge in [-0.2, -0.15) is 13.2 Å². The van der Waals surface area contributed by atoms with Crippen LogP contribution in [0.1, 0.15) is 19.7 Å². The summed E-state index contributed by atoms with van der Waals surface area (Å²) in [6.45, 7) is 6.84. The van der Waals surface area contributed by atoms with E-state index in [0.29, 0.717) is 17.2 Å². The fraction of sp³-hybridized carbons (Fsp3) is 0.474. The van der Waals surface area contributed by atoms with Crippen molar-refractivity contribution in [1.82, 2.24) is 20.5 Å². The van der Waals surface area contributed by atoms with Crippen LogP contribution in [0.3, 0.4) is 0 Å². The van der Waals surface area contributed by atoms with Gasteiger partial charge in [0.05, 0.1) is 11.7 Å². The van der Waals surface area contributed by atoms with Gasteiger partial charge in [-0.25, -0.2) is 9.37 Å². The highest BCUT2D eigenvalue weighted by Gasteiger charge is 2.34. The number of benzene rings is 1. The molecule has 1 fully saturated rings. The number of amides is 1. The fourth-order valence-electron chi connectivity index (χ4n) is 2.85. The third-order valence-corrected chi connectivity index (χ3v) is 4.43. The Morgan fingerprint density at radius 2 is 1.97 bits per heavy atom. The first-order valence-electron chi connectivity index (χ1n) is 9.05. The van der Waals surface area contributed by atoms with E-state index in [0.717, 1.165) is 26.2 Å². The first-order valence-corrected chi connectivity index (χ1v) is 9.05. The van der Waals surface area contributed by atoms with Crippen molar-refractivity contribution in [2.45, 2.75) is 25.6 Å². The van der Waals surface area contributed by atoms with Crippen molar-refractivity contribution in [3.63, 3.8) is 0 Å². The molecule has 0 bridgehead atoms. The van der Waals surface area contributed by atoms with E-state index >= 15 is 0 Å². The van der Waals surface area contributed by atoms with Gasteiger partial charge < -0.3 is 15.1 Å². The molecule has 1 saturated heterocycles. The van der Waals surface area contributed by atoms with Crippen LogP contribution in [0, 0.1) is 5.82 Å². The molecular weight excluding hydrogens is 392 g/mol. The quantitative estimate of drug-likeness (QED) is 0.580. The number of carbonyl (C=O) groups is 1. The summed E-state index contributed by atoms with van der Waals surface area (Å²) in [6.07, 6.45) is -2.61. The second-order valence-electron chi connectivity index (χ2n) is 6.95. The fourth-order valence-corrected chi connectivity index (χ4v) is 2.85. The van der Waals surface area contributed by atoms with E-state index in [1.165, 1.54) is 17.4 Å². The lowest BCUT2D eigenvalue weighted by Gasteiger charge is -2.38. The summed E-state index contributed by atoms with van der Waals surface area (Å²) >= 11 is 0. The van der Waals surface area contributed by atoms with Gasteiger partial charge in [0.2, 0.25) is 12.3 Å². The Morgan fingerprint density at radius 1 is 1.28 bits per heavy atom. The summed E-state index contributed by atoms with van der Waals surface area (Å²) < 4.78 is 52.3. The third-order valence-electron chi connectivity index (χ3n) is 4.43. The number of hydrogen-bond acceptors (Lipinski definition) is 5. The normalized spacial score (nSPS) is 15.4. The molecule has 0 spiro atoms. The highest BCUT2D eigenvalue weighted by atomic mass is 19.4. The third kappa shape index (κ3) is 6.82. The Kier molecular flexibility index (Phi) is 7.74. The molecule has 2 aromatic rings. The molecule has 1 aliphatic rings. The van der Waals surface area contributed by atoms with Gasteiger partial charge in [-0.1, -0.05) is 12.1 Å². The minimum absolute atomic E-state index is 0.00743. The van der Waals surface area contributed by atoms with Crippen LogP contribution in [0.5, 0.6) is 0 Å². The highest BCUT2D eigenvalue weighted by Crippen LogP contribution is 2.30. The molecule has 29 heavy (non-hydrogen) atoms. The van der Waals surface area contributed by atoms with Crippen LogP contribution in [0.2, 0.25) is 0 Å². The zero-order valence-electron chi connectivity index (χ0n) is 16.2. The van der Waals surface area contributed by atoms with Gasteiger partial charge in [-0.15, -0.1) is 0 Å². The van der Waals surface area contributed by atoms with Gasteiger partial charge in [0, 0.05) is 31.7 Å². The summed E-state index contributed by atoms with van der Waals surface area (Å²) in [5.41, 5.74) is 0.443. The Hall–Kier alpha value is -2.46. The van der Waals surface area contributed by atoms with Crippen molar-refractivity contribution in [3.8, 4) is 11.3 Å². The lowest BCUT2D eigenvalue weighted by atomic mass is 10.0. The van der Waals surface area contributed by atoms with Crippen LogP contribution in [0.15, 0.2) is 34.9 Å². The van der Waals surface area contributed by atoms with Gasteiger partial charge in [0.15, 0.2) is 5.76 Å². The predicted molar refractivity (Wildman–Crippen MR) is 99.5 cm³/mol. The minimum Gasteiger partial charge on any atom is -0.439 e. The number of nitrogens with zero attached hydrogens (tertiary/aromatic N) is 2. The molecule has 0 atom stereocenters. The Bertz CT molecular complexity index is 787. The molecule has 10 heteroatoms. The van der Waals surface area contributed by atoms with Crippen molar-refractivity contribution in [2.24, 2.45) is 0 Å². The van der Waals surface area contributed by atoms with E-state index < -0.39 is 12.7 Å². The number of hydrogen-bond donors (Lipinski definition) is 2. The first-order chi connectivity index (χ1) is 13.6. The van der Waals surface area contributed by atoms with Crippen molar-refractivity contribution in [2.75, 3.05) is 32.7 Å². The number of alkyl halides is 3. The Balaban J connectivity index is 0.000000321. The maximum absolute atomic E-state index is 13.3. The maximum Gasteiger partial charge on any atom is 0.405 e. The number of oxazole rings is 1. The molecule has 160 valence electrons. The zero-order chi connectivity index (χ0) is 21.5. The number of piperazine rings is 1. The van der Waals surface area contributed by atoms with Crippen molar-refractivity contribution in [1.29, 1.82) is 0 Å². The smallest absolute Gasteiger partial charge is 0.405 e. The van der Waals surface area contributed by atoms with Crippen LogP contribution in [0.4, 0.5) is 17.6 Å². The van der Waals surface area contributed by atoms with Crippen LogP contribution in [-0.2, 0) is 10.3 Å². The Labute approximate surface area is 166 Å². The van der Waals surface area contributed by atoms with Crippen LogP contribution in [0.25, 0.3) is 11.3 Å². The van der Waals surface area contributed by atoms with E-state index in [2.05, 4.69) is 29.0 Å². The average molecular weight is 416 g/mol. The second kappa shape index (κ2) is 9.84. The minimum atomic E-state index is -4.29. The predicted octanol–water partition coefficient (Wildman–Crippen LogP) is 2.92. The second-order valence-corrected chi connectivity index (χ2v) is 6.95. The first kappa shape index (κ1) is 22.8. The van der Waals surface area contributed by atoms with Gasteiger partial charge >= 0.3 is 6.18 Å². The van der Waals surface area contributed by atoms with Crippen molar-refractivity contribution in [3.05, 3.63) is 42.2 Å². The topological polar surface area (TPSA) is 70.4 Å². The Morgan fingerprint density at radius 3 is 2.52 bits per heavy atom. The number of halogens is 4. The molecule has 1 aliphatic heterocycles. The number of nitrogens with one attached hydrogen (secondary N) is 2. The molecule has 0 radical (unpaired) electrons. The van der Waals surface area contributed by atoms with Crippen molar-refractivity contribution >= 4 is 6.41 Å². The summed E-state index contributed by atoms with van der Waals surface area (Å²) in [7, 11) is 0. The molecule has 3 rings (SSSR count). The summed E-state index contributed by atoms with van der Waals surface area (Å²) in [5.74, 6) is 1.00. The molecule has 2 heterocycles. The molecule has 1 aromatic heterocycles. The standard InChI is InChI=1S/C16H20FN3O.C3H4F3NO/c1-16(2,20-8-6-18-7-9-20)15-19-11-14(21-15)12-4-3-5-13(17)10-12;4-3(5,6)1-7-2-8/h3-5,10-11,18H,6-9H2,1-2H3;2H,1H2,(H,7,8). The maximum atomic E-state index is 13.3. The highest BCUT2D eigenvalue weighted by molar-refractivity contribution is 5.56. The SMILES string of the molecule is CC(C)(c1ncc(-c2cccc(F)c2)o1)N1CCNCC1.O=CNCC(F)(F)F. The lowest BCUT2D eigenvalue weighted by molar-refractivity contribution is -0.132. The van der Waals surface area contributed by atoms with E-state index in [1.807, 2.05) is 6.07 Å². The van der Waals surface area contributed by atoms with E-state index in [9.17, 15) is 22.4 Å². The summed E-state index contributed by atoms with van der Waals surface area (Å²) in [4.78, 5) is 16.0. The van der Waals surface area contributed by atoms with E-state index in [1.54, 1.807) is 12.3 Å². The van der Waals surface area contributed by atoms with E-state index in [-0.39, 0.29) is 17.8 Å². The largest absolute Gasteiger partial charge is 0.439 e. The monoisotopic (exact) mass is 416 g/mol. The van der Waals surface area contributed by atoms with Crippen LogP contribution < -0.4 is 10.6 Å². The summed E-state index contributed by atoms with van der Waals surface area (Å²) in [6, 6.07) is 6.38. The number of aromatic nitrogens is 1. The van der Waals surface area contributed by atoms with Crippen LogP contribution >= 0.6 is 0 Å². The molecular formula is C19H24F4N4O2. The van der Waals surface area contributed by atoms with Gasteiger partial charge in [0.1, 0.15) is 12.4 Å². The zero-order valence-corrected chi connectivity index (χ0v) is 16.2. The van der Waals surface area contributed by atoms with Gasteiger partial charge in [0.25, 0.3) is 0 Å². The van der Waals surface area contributed by atoms with Gasteiger partial charge in [-0.05, 0) is 26.0 Å². The van der Waals surface area contributed by atoms with Crippen molar-refractivity contribution < 1.29 is 26.8 Å². The molecule has 1 aromatic carbocycles. The molecule has 6 nitrogen and oxygen atoms in total. The van der Waals surface area contributed by atoms with E-state index in [4.69, 9.17) is 4.42 Å². The lowest BCUT2D eigenvalue weighted by Crippen LogP contribution is -2.51. The average Bonchev–Trinajstić information content (AvgIpc) is 3.18. The van der Waals surface area contributed by atoms with Crippen LogP contribution in [-0.4, -0.2) is 55.2 Å². The molecule has 2 N–H and O–H groups in total. The molecule has 0 aliphatic carbocycles. The molecule has 0 saturated carbocycles. The molecule has 0 unspecified atom stereocenters.